The van der Waals surface area contributed by atoms with Crippen molar-refractivity contribution in [2.45, 2.75) is 77.9 Å². The van der Waals surface area contributed by atoms with Gasteiger partial charge in [-0.15, -0.1) is 0 Å². The van der Waals surface area contributed by atoms with Gasteiger partial charge in [-0.25, -0.2) is 4.79 Å². The fraction of sp³-hybridized carbons (Fsp3) is 0.944. The highest BCUT2D eigenvalue weighted by Crippen LogP contribution is 2.24. The molecule has 0 radical (unpaired) electrons. The summed E-state index contributed by atoms with van der Waals surface area (Å²) in [7, 11) is 0. The second-order valence-electron chi connectivity index (χ2n) is 7.73. The van der Waals surface area contributed by atoms with E-state index in [2.05, 4.69) is 17.6 Å². The minimum Gasteiger partial charge on any atom is -0.444 e. The molecular formula is C18H36N2O3. The van der Waals surface area contributed by atoms with Crippen molar-refractivity contribution in [2.24, 2.45) is 11.8 Å². The van der Waals surface area contributed by atoms with Gasteiger partial charge in [0, 0.05) is 19.2 Å². The van der Waals surface area contributed by atoms with Crippen LogP contribution in [0.2, 0.25) is 0 Å². The Labute approximate surface area is 141 Å². The summed E-state index contributed by atoms with van der Waals surface area (Å²) in [5.41, 5.74) is -0.451. The first-order valence-electron chi connectivity index (χ1n) is 9.16. The van der Waals surface area contributed by atoms with Crippen LogP contribution in [-0.4, -0.2) is 42.5 Å². The standard InChI is InChI=1S/C18H36N2O3/c1-5-14(10-11-21)12-19-16-9-7-6-8-15(16)13-20-17(22)23-18(2,3)4/h14-16,19,21H,5-13H2,1-4H3,(H,20,22). The van der Waals surface area contributed by atoms with Crippen LogP contribution in [0, 0.1) is 11.8 Å². The average molecular weight is 328 g/mol. The monoisotopic (exact) mass is 328 g/mol. The van der Waals surface area contributed by atoms with Crippen molar-refractivity contribution < 1.29 is 14.6 Å². The molecule has 3 N–H and O–H groups in total. The maximum Gasteiger partial charge on any atom is 0.407 e. The Balaban J connectivity index is 2.40. The minimum atomic E-state index is -0.451. The Bertz CT molecular complexity index is 342. The van der Waals surface area contributed by atoms with Gasteiger partial charge in [0.05, 0.1) is 0 Å². The van der Waals surface area contributed by atoms with Gasteiger partial charge >= 0.3 is 6.09 Å². The molecule has 0 spiro atoms. The highest BCUT2D eigenvalue weighted by atomic mass is 16.6. The largest absolute Gasteiger partial charge is 0.444 e. The molecule has 0 aromatic heterocycles. The SMILES string of the molecule is CCC(CCO)CNC1CCCCC1CNC(=O)OC(C)(C)C. The lowest BCUT2D eigenvalue weighted by Gasteiger charge is -2.33. The van der Waals surface area contributed by atoms with Crippen molar-refractivity contribution in [3.63, 3.8) is 0 Å². The third kappa shape index (κ3) is 8.56. The van der Waals surface area contributed by atoms with E-state index in [9.17, 15) is 4.79 Å². The van der Waals surface area contributed by atoms with Crippen LogP contribution < -0.4 is 10.6 Å². The number of amides is 1. The number of carbonyl (C=O) groups is 1. The van der Waals surface area contributed by atoms with Crippen LogP contribution in [0.4, 0.5) is 4.79 Å². The van der Waals surface area contributed by atoms with Crippen LogP contribution in [-0.2, 0) is 4.74 Å². The summed E-state index contributed by atoms with van der Waals surface area (Å²) >= 11 is 0. The zero-order valence-electron chi connectivity index (χ0n) is 15.4. The van der Waals surface area contributed by atoms with Crippen LogP contribution in [0.25, 0.3) is 0 Å². The molecule has 0 bridgehead atoms. The topological polar surface area (TPSA) is 70.6 Å². The van der Waals surface area contributed by atoms with Crippen molar-refractivity contribution in [1.29, 1.82) is 0 Å². The van der Waals surface area contributed by atoms with E-state index < -0.39 is 5.60 Å². The van der Waals surface area contributed by atoms with Crippen LogP contribution in [0.5, 0.6) is 0 Å². The van der Waals surface area contributed by atoms with Gasteiger partial charge in [0.2, 0.25) is 0 Å². The van der Waals surface area contributed by atoms with Crippen LogP contribution >= 0.6 is 0 Å². The van der Waals surface area contributed by atoms with Gasteiger partial charge in [0.15, 0.2) is 0 Å². The number of nitrogens with one attached hydrogen (secondary N) is 2. The molecule has 3 unspecified atom stereocenters. The van der Waals surface area contributed by atoms with E-state index in [1.807, 2.05) is 20.8 Å². The summed E-state index contributed by atoms with van der Waals surface area (Å²) in [6.07, 6.45) is 6.40. The molecule has 5 heteroatoms. The van der Waals surface area contributed by atoms with E-state index in [4.69, 9.17) is 9.84 Å². The van der Waals surface area contributed by atoms with Gasteiger partial charge in [-0.2, -0.15) is 0 Å². The first kappa shape index (κ1) is 20.2. The Kier molecular flexibility index (Phi) is 8.92. The number of hydrogen-bond acceptors (Lipinski definition) is 4. The average Bonchev–Trinajstić information content (AvgIpc) is 2.48. The normalized spacial score (nSPS) is 23.3. The van der Waals surface area contributed by atoms with Gasteiger partial charge in [-0.1, -0.05) is 26.2 Å². The van der Waals surface area contributed by atoms with E-state index in [0.29, 0.717) is 24.4 Å². The Morgan fingerprint density at radius 1 is 1.30 bits per heavy atom. The molecule has 1 aliphatic carbocycles. The molecule has 0 aromatic rings. The molecule has 5 nitrogen and oxygen atoms in total. The molecule has 0 heterocycles. The van der Waals surface area contributed by atoms with Crippen LogP contribution in [0.15, 0.2) is 0 Å². The highest BCUT2D eigenvalue weighted by Gasteiger charge is 2.26. The molecule has 23 heavy (non-hydrogen) atoms. The first-order valence-corrected chi connectivity index (χ1v) is 9.16. The lowest BCUT2D eigenvalue weighted by atomic mass is 9.84. The predicted octanol–water partition coefficient (Wildman–Crippen LogP) is 3.07. The number of ether oxygens (including phenoxy) is 1. The van der Waals surface area contributed by atoms with Crippen molar-refractivity contribution >= 4 is 6.09 Å². The Hall–Kier alpha value is -0.810. The fourth-order valence-corrected chi connectivity index (χ4v) is 3.20. The lowest BCUT2D eigenvalue weighted by Crippen LogP contribution is -2.46. The summed E-state index contributed by atoms with van der Waals surface area (Å²) in [6.45, 7) is 9.68. The quantitative estimate of drug-likeness (QED) is 0.640. The van der Waals surface area contributed by atoms with Gasteiger partial charge in [0.1, 0.15) is 5.60 Å². The summed E-state index contributed by atoms with van der Waals surface area (Å²) in [5.74, 6) is 0.990. The number of alkyl carbamates (subject to hydrolysis) is 1. The number of aliphatic hydroxyl groups excluding tert-OH is 1. The van der Waals surface area contributed by atoms with Crippen molar-refractivity contribution in [3.05, 3.63) is 0 Å². The van der Waals surface area contributed by atoms with Gasteiger partial charge in [-0.05, 0) is 58.4 Å². The molecule has 1 aliphatic rings. The number of hydrogen-bond donors (Lipinski definition) is 3. The molecule has 3 atom stereocenters. The summed E-state index contributed by atoms with van der Waals surface area (Å²) in [4.78, 5) is 11.8. The van der Waals surface area contributed by atoms with Crippen LogP contribution in [0.1, 0.15) is 66.2 Å². The second kappa shape index (κ2) is 10.1. The van der Waals surface area contributed by atoms with Crippen molar-refractivity contribution in [1.82, 2.24) is 10.6 Å². The smallest absolute Gasteiger partial charge is 0.407 e. The van der Waals surface area contributed by atoms with Gasteiger partial charge in [-0.3, -0.25) is 0 Å². The van der Waals surface area contributed by atoms with Crippen molar-refractivity contribution in [2.75, 3.05) is 19.7 Å². The Morgan fingerprint density at radius 2 is 2.00 bits per heavy atom. The van der Waals surface area contributed by atoms with E-state index in [1.165, 1.54) is 12.8 Å². The fourth-order valence-electron chi connectivity index (χ4n) is 3.20. The molecule has 0 aliphatic heterocycles. The molecule has 136 valence electrons. The summed E-state index contributed by atoms with van der Waals surface area (Å²) < 4.78 is 5.31. The Morgan fingerprint density at radius 3 is 2.61 bits per heavy atom. The van der Waals surface area contributed by atoms with Gasteiger partial charge in [0.25, 0.3) is 0 Å². The number of carbonyl (C=O) groups excluding carboxylic acids is 1. The maximum absolute atomic E-state index is 11.8. The molecular weight excluding hydrogens is 292 g/mol. The maximum atomic E-state index is 11.8. The van der Waals surface area contributed by atoms with E-state index in [1.54, 1.807) is 0 Å². The second-order valence-corrected chi connectivity index (χ2v) is 7.73. The summed E-state index contributed by atoms with van der Waals surface area (Å²) in [5, 5.41) is 15.7. The van der Waals surface area contributed by atoms with Crippen LogP contribution in [0.3, 0.4) is 0 Å². The molecule has 1 saturated carbocycles. The zero-order chi connectivity index (χ0) is 17.3. The molecule has 1 rings (SSSR count). The molecule has 1 amide bonds. The lowest BCUT2D eigenvalue weighted by molar-refractivity contribution is 0.0510. The third-order valence-corrected chi connectivity index (χ3v) is 4.60. The van der Waals surface area contributed by atoms with Gasteiger partial charge < -0.3 is 20.5 Å². The van der Waals surface area contributed by atoms with E-state index in [-0.39, 0.29) is 12.7 Å². The first-order chi connectivity index (χ1) is 10.9. The van der Waals surface area contributed by atoms with E-state index in [0.717, 1.165) is 32.2 Å². The number of rotatable bonds is 8. The van der Waals surface area contributed by atoms with Crippen molar-refractivity contribution in [3.8, 4) is 0 Å². The minimum absolute atomic E-state index is 0.258. The highest BCUT2D eigenvalue weighted by molar-refractivity contribution is 5.67. The third-order valence-electron chi connectivity index (χ3n) is 4.60. The zero-order valence-corrected chi connectivity index (χ0v) is 15.4. The molecule has 0 aromatic carbocycles. The molecule has 1 fully saturated rings. The molecule has 0 saturated heterocycles. The predicted molar refractivity (Wildman–Crippen MR) is 93.5 cm³/mol. The summed E-state index contributed by atoms with van der Waals surface area (Å²) in [6, 6.07) is 0.450. The number of aliphatic hydroxyl groups is 1. The van der Waals surface area contributed by atoms with E-state index >= 15 is 0 Å².